The predicted octanol–water partition coefficient (Wildman–Crippen LogP) is 2.13. The average molecular weight is 322 g/mol. The third-order valence-corrected chi connectivity index (χ3v) is 4.06. The fourth-order valence-electron chi connectivity index (χ4n) is 2.58. The lowest BCUT2D eigenvalue weighted by molar-refractivity contribution is 0.0126. The van der Waals surface area contributed by atoms with Crippen LogP contribution in [0.25, 0.3) is 11.2 Å². The molecule has 0 atom stereocenters. The normalized spacial score (nSPS) is 17.5. The third kappa shape index (κ3) is 3.04. The predicted molar refractivity (Wildman–Crippen MR) is 82.9 cm³/mol. The smallest absolute Gasteiger partial charge is 0.405 e. The standard InChI is InChI=1S/C14H16ClN5O2/c1-14(22-13(16)21)4-6-20(7-5-14)11-8-17-12-9(18-11)2-3-10(15)19-12/h2-3,8H,4-7H2,1H3,(H2,16,21). The van der Waals surface area contributed by atoms with Crippen molar-refractivity contribution >= 4 is 34.7 Å². The molecule has 0 unspecified atom stereocenters. The van der Waals surface area contributed by atoms with Gasteiger partial charge >= 0.3 is 6.09 Å². The number of piperidine rings is 1. The molecule has 0 aliphatic carbocycles. The molecule has 1 fully saturated rings. The molecule has 0 spiro atoms. The van der Waals surface area contributed by atoms with Gasteiger partial charge < -0.3 is 15.4 Å². The van der Waals surface area contributed by atoms with Crippen molar-refractivity contribution in [1.82, 2.24) is 15.0 Å². The first-order chi connectivity index (χ1) is 10.5. The highest BCUT2D eigenvalue weighted by Gasteiger charge is 2.33. The summed E-state index contributed by atoms with van der Waals surface area (Å²) < 4.78 is 5.20. The molecule has 116 valence electrons. The van der Waals surface area contributed by atoms with Gasteiger partial charge in [-0.05, 0) is 19.1 Å². The molecule has 0 saturated carbocycles. The summed E-state index contributed by atoms with van der Waals surface area (Å²) >= 11 is 5.84. The number of hydrogen-bond acceptors (Lipinski definition) is 6. The SMILES string of the molecule is CC1(OC(N)=O)CCN(c2cnc3nc(Cl)ccc3n2)CC1. The van der Waals surface area contributed by atoms with Crippen LogP contribution >= 0.6 is 11.6 Å². The van der Waals surface area contributed by atoms with Crippen LogP contribution in [0.3, 0.4) is 0 Å². The minimum Gasteiger partial charge on any atom is -0.443 e. The van der Waals surface area contributed by atoms with Gasteiger partial charge in [0.25, 0.3) is 0 Å². The lowest BCUT2D eigenvalue weighted by atomic mass is 9.93. The summed E-state index contributed by atoms with van der Waals surface area (Å²) in [7, 11) is 0. The number of amides is 1. The Morgan fingerprint density at radius 1 is 1.36 bits per heavy atom. The minimum absolute atomic E-state index is 0.395. The molecule has 0 aromatic carbocycles. The molecular weight excluding hydrogens is 306 g/mol. The fourth-order valence-corrected chi connectivity index (χ4v) is 2.72. The van der Waals surface area contributed by atoms with E-state index in [1.165, 1.54) is 0 Å². The van der Waals surface area contributed by atoms with Gasteiger partial charge in [0.1, 0.15) is 22.1 Å². The lowest BCUT2D eigenvalue weighted by Gasteiger charge is -2.38. The molecular formula is C14H16ClN5O2. The van der Waals surface area contributed by atoms with Crippen molar-refractivity contribution in [2.24, 2.45) is 5.73 Å². The van der Waals surface area contributed by atoms with Gasteiger partial charge in [0.05, 0.1) is 6.20 Å². The Morgan fingerprint density at radius 3 is 2.77 bits per heavy atom. The number of aromatic nitrogens is 3. The molecule has 1 aliphatic rings. The summed E-state index contributed by atoms with van der Waals surface area (Å²) in [6.45, 7) is 3.32. The number of carbonyl (C=O) groups excluding carboxylic acids is 1. The summed E-state index contributed by atoms with van der Waals surface area (Å²) in [4.78, 5) is 26.0. The first-order valence-corrected chi connectivity index (χ1v) is 7.36. The van der Waals surface area contributed by atoms with Crippen molar-refractivity contribution < 1.29 is 9.53 Å². The fraction of sp³-hybridized carbons (Fsp3) is 0.429. The number of nitrogens with two attached hydrogens (primary N) is 1. The van der Waals surface area contributed by atoms with Crippen LogP contribution in [-0.4, -0.2) is 39.7 Å². The van der Waals surface area contributed by atoms with Crippen LogP contribution in [0.5, 0.6) is 0 Å². The van der Waals surface area contributed by atoms with E-state index in [2.05, 4.69) is 19.9 Å². The Labute approximate surface area is 132 Å². The zero-order valence-corrected chi connectivity index (χ0v) is 12.9. The van der Waals surface area contributed by atoms with E-state index in [1.807, 2.05) is 6.92 Å². The first kappa shape index (κ1) is 14.8. The van der Waals surface area contributed by atoms with Gasteiger partial charge in [-0.25, -0.2) is 19.7 Å². The molecule has 1 aliphatic heterocycles. The Bertz CT molecular complexity index is 715. The molecule has 2 aromatic heterocycles. The van der Waals surface area contributed by atoms with E-state index >= 15 is 0 Å². The number of ether oxygens (including phenoxy) is 1. The molecule has 22 heavy (non-hydrogen) atoms. The van der Waals surface area contributed by atoms with E-state index in [-0.39, 0.29) is 0 Å². The van der Waals surface area contributed by atoms with Crippen LogP contribution in [0.15, 0.2) is 18.3 Å². The number of primary amides is 1. The number of rotatable bonds is 2. The van der Waals surface area contributed by atoms with Crippen molar-refractivity contribution in [2.45, 2.75) is 25.4 Å². The highest BCUT2D eigenvalue weighted by molar-refractivity contribution is 6.29. The lowest BCUT2D eigenvalue weighted by Crippen LogP contribution is -2.46. The average Bonchev–Trinajstić information content (AvgIpc) is 2.46. The summed E-state index contributed by atoms with van der Waals surface area (Å²) in [5.41, 5.74) is 5.82. The van der Waals surface area contributed by atoms with E-state index in [0.29, 0.717) is 42.2 Å². The molecule has 0 bridgehead atoms. The zero-order chi connectivity index (χ0) is 15.7. The molecule has 2 N–H and O–H groups in total. The van der Waals surface area contributed by atoms with Gasteiger partial charge in [0.15, 0.2) is 5.65 Å². The number of halogens is 1. The van der Waals surface area contributed by atoms with Crippen molar-refractivity contribution in [1.29, 1.82) is 0 Å². The van der Waals surface area contributed by atoms with E-state index in [9.17, 15) is 4.79 Å². The maximum Gasteiger partial charge on any atom is 0.405 e. The Kier molecular flexibility index (Phi) is 3.74. The summed E-state index contributed by atoms with van der Waals surface area (Å²) in [6, 6.07) is 3.49. The Morgan fingerprint density at radius 2 is 2.09 bits per heavy atom. The molecule has 1 saturated heterocycles. The van der Waals surface area contributed by atoms with Crippen LogP contribution in [0, 0.1) is 0 Å². The van der Waals surface area contributed by atoms with Gasteiger partial charge in [-0.2, -0.15) is 0 Å². The molecule has 1 amide bonds. The van der Waals surface area contributed by atoms with Crippen LogP contribution < -0.4 is 10.6 Å². The van der Waals surface area contributed by atoms with Gasteiger partial charge in [-0.1, -0.05) is 11.6 Å². The number of nitrogens with zero attached hydrogens (tertiary/aromatic N) is 4. The van der Waals surface area contributed by atoms with E-state index in [1.54, 1.807) is 18.3 Å². The summed E-state index contributed by atoms with van der Waals surface area (Å²) in [5.74, 6) is 0.776. The first-order valence-electron chi connectivity index (χ1n) is 6.98. The van der Waals surface area contributed by atoms with Gasteiger partial charge in [-0.15, -0.1) is 0 Å². The number of carbonyl (C=O) groups is 1. The summed E-state index contributed by atoms with van der Waals surface area (Å²) in [5, 5.41) is 0.395. The number of anilines is 1. The topological polar surface area (TPSA) is 94.2 Å². The van der Waals surface area contributed by atoms with Crippen molar-refractivity contribution in [3.8, 4) is 0 Å². The Balaban J connectivity index is 1.76. The quantitative estimate of drug-likeness (QED) is 0.851. The van der Waals surface area contributed by atoms with Gasteiger partial charge in [-0.3, -0.25) is 0 Å². The number of hydrogen-bond donors (Lipinski definition) is 1. The summed E-state index contributed by atoms with van der Waals surface area (Å²) in [6.07, 6.45) is 2.33. The minimum atomic E-state index is -0.732. The van der Waals surface area contributed by atoms with Crippen molar-refractivity contribution in [3.63, 3.8) is 0 Å². The van der Waals surface area contributed by atoms with Crippen LogP contribution in [0.1, 0.15) is 19.8 Å². The Hall–Kier alpha value is -2.15. The molecule has 3 heterocycles. The monoisotopic (exact) mass is 321 g/mol. The molecule has 0 radical (unpaired) electrons. The van der Waals surface area contributed by atoms with E-state index in [0.717, 1.165) is 5.82 Å². The zero-order valence-electron chi connectivity index (χ0n) is 12.1. The molecule has 2 aromatic rings. The van der Waals surface area contributed by atoms with E-state index in [4.69, 9.17) is 22.1 Å². The highest BCUT2D eigenvalue weighted by Crippen LogP contribution is 2.28. The maximum atomic E-state index is 10.9. The second-order valence-electron chi connectivity index (χ2n) is 5.56. The second-order valence-corrected chi connectivity index (χ2v) is 5.95. The van der Waals surface area contributed by atoms with Crippen molar-refractivity contribution in [2.75, 3.05) is 18.0 Å². The number of fused-ring (bicyclic) bond motifs is 1. The highest BCUT2D eigenvalue weighted by atomic mass is 35.5. The third-order valence-electron chi connectivity index (χ3n) is 3.85. The van der Waals surface area contributed by atoms with E-state index < -0.39 is 11.7 Å². The van der Waals surface area contributed by atoms with Crippen LogP contribution in [-0.2, 0) is 4.74 Å². The van der Waals surface area contributed by atoms with Crippen LogP contribution in [0.4, 0.5) is 10.6 Å². The molecule has 7 nitrogen and oxygen atoms in total. The molecule has 8 heteroatoms. The second kappa shape index (κ2) is 5.57. The van der Waals surface area contributed by atoms with Crippen LogP contribution in [0.2, 0.25) is 5.15 Å². The van der Waals surface area contributed by atoms with Gasteiger partial charge in [0, 0.05) is 25.9 Å². The van der Waals surface area contributed by atoms with Gasteiger partial charge in [0.2, 0.25) is 0 Å². The maximum absolute atomic E-state index is 10.9. The number of pyridine rings is 1. The molecule has 3 rings (SSSR count). The largest absolute Gasteiger partial charge is 0.443 e. The van der Waals surface area contributed by atoms with Crippen molar-refractivity contribution in [3.05, 3.63) is 23.5 Å².